The number of likely N-dealkylation sites (tertiary alicyclic amines) is 2. The predicted octanol–water partition coefficient (Wildman–Crippen LogP) is 2.30. The minimum atomic E-state index is 0.159. The zero-order valence-corrected chi connectivity index (χ0v) is 15.5. The van der Waals surface area contributed by atoms with Crippen molar-refractivity contribution in [2.45, 2.75) is 38.5 Å². The van der Waals surface area contributed by atoms with Crippen LogP contribution in [0.5, 0.6) is 0 Å². The van der Waals surface area contributed by atoms with Gasteiger partial charge in [-0.2, -0.15) is 0 Å². The normalized spacial score (nSPS) is 21.7. The molecule has 0 spiro atoms. The van der Waals surface area contributed by atoms with Crippen molar-refractivity contribution in [2.75, 3.05) is 44.2 Å². The first kappa shape index (κ1) is 17.5. The Hall–Kier alpha value is -1.88. The summed E-state index contributed by atoms with van der Waals surface area (Å²) in [7, 11) is 0. The minimum absolute atomic E-state index is 0.159. The van der Waals surface area contributed by atoms with Crippen LogP contribution in [0.15, 0.2) is 24.3 Å². The SMILES string of the molecule is O=C(C1CCN(CC(=O)N2CCc3ccccc32)CC1)N1CCCCC1. The maximum Gasteiger partial charge on any atom is 0.241 e. The summed E-state index contributed by atoms with van der Waals surface area (Å²) in [6, 6.07) is 8.20. The number of amides is 2. The van der Waals surface area contributed by atoms with Gasteiger partial charge in [-0.25, -0.2) is 0 Å². The average Bonchev–Trinajstić information content (AvgIpc) is 3.13. The molecule has 3 aliphatic heterocycles. The minimum Gasteiger partial charge on any atom is -0.342 e. The first-order chi connectivity index (χ1) is 12.7. The number of para-hydroxylation sites is 1. The second kappa shape index (κ2) is 7.78. The molecule has 2 saturated heterocycles. The van der Waals surface area contributed by atoms with E-state index in [2.05, 4.69) is 15.9 Å². The van der Waals surface area contributed by atoms with E-state index in [1.165, 1.54) is 12.0 Å². The van der Waals surface area contributed by atoms with Crippen molar-refractivity contribution >= 4 is 17.5 Å². The van der Waals surface area contributed by atoms with Gasteiger partial charge in [0.2, 0.25) is 11.8 Å². The molecule has 2 amide bonds. The molecule has 0 aliphatic carbocycles. The molecule has 0 N–H and O–H groups in total. The number of piperidine rings is 2. The zero-order chi connectivity index (χ0) is 17.9. The van der Waals surface area contributed by atoms with E-state index >= 15 is 0 Å². The number of carbonyl (C=O) groups is 2. The van der Waals surface area contributed by atoms with Crippen LogP contribution in [0.1, 0.15) is 37.7 Å². The van der Waals surface area contributed by atoms with Gasteiger partial charge < -0.3 is 9.80 Å². The monoisotopic (exact) mass is 355 g/mol. The third kappa shape index (κ3) is 3.63. The summed E-state index contributed by atoms with van der Waals surface area (Å²) in [5.74, 6) is 0.701. The highest BCUT2D eigenvalue weighted by atomic mass is 16.2. The number of anilines is 1. The lowest BCUT2D eigenvalue weighted by Crippen LogP contribution is -2.47. The molecule has 5 heteroatoms. The quantitative estimate of drug-likeness (QED) is 0.836. The Bertz CT molecular complexity index is 661. The maximum atomic E-state index is 12.7. The number of rotatable bonds is 3. The van der Waals surface area contributed by atoms with Gasteiger partial charge in [0.1, 0.15) is 0 Å². The van der Waals surface area contributed by atoms with Gasteiger partial charge in [0.05, 0.1) is 6.54 Å². The molecular weight excluding hydrogens is 326 g/mol. The van der Waals surface area contributed by atoms with Crippen LogP contribution < -0.4 is 4.90 Å². The van der Waals surface area contributed by atoms with E-state index in [0.717, 1.165) is 70.5 Å². The van der Waals surface area contributed by atoms with Gasteiger partial charge in [0.15, 0.2) is 0 Å². The fourth-order valence-corrected chi connectivity index (χ4v) is 4.58. The van der Waals surface area contributed by atoms with Crippen LogP contribution in [-0.4, -0.2) is 60.9 Å². The first-order valence-corrected chi connectivity index (χ1v) is 10.1. The molecule has 3 aliphatic rings. The van der Waals surface area contributed by atoms with Crippen molar-refractivity contribution in [3.8, 4) is 0 Å². The Morgan fingerprint density at radius 1 is 0.923 bits per heavy atom. The summed E-state index contributed by atoms with van der Waals surface area (Å²) in [6.07, 6.45) is 6.28. The van der Waals surface area contributed by atoms with Crippen molar-refractivity contribution in [3.63, 3.8) is 0 Å². The number of fused-ring (bicyclic) bond motifs is 1. The fraction of sp³-hybridized carbons (Fsp3) is 0.619. The van der Waals surface area contributed by atoms with Gasteiger partial charge in [0, 0.05) is 31.2 Å². The third-order valence-corrected chi connectivity index (χ3v) is 6.15. The molecule has 0 radical (unpaired) electrons. The van der Waals surface area contributed by atoms with Gasteiger partial charge >= 0.3 is 0 Å². The fourth-order valence-electron chi connectivity index (χ4n) is 4.58. The summed E-state index contributed by atoms with van der Waals surface area (Å²) in [5.41, 5.74) is 2.35. The Labute approximate surface area is 155 Å². The second-order valence-corrected chi connectivity index (χ2v) is 7.86. The number of hydrogen-bond acceptors (Lipinski definition) is 3. The molecule has 1 aromatic rings. The van der Waals surface area contributed by atoms with Gasteiger partial charge in [0.25, 0.3) is 0 Å². The van der Waals surface area contributed by atoms with E-state index in [1.54, 1.807) is 0 Å². The Morgan fingerprint density at radius 3 is 2.42 bits per heavy atom. The summed E-state index contributed by atoms with van der Waals surface area (Å²) in [6.45, 7) is 4.84. The van der Waals surface area contributed by atoms with Crippen LogP contribution >= 0.6 is 0 Å². The highest BCUT2D eigenvalue weighted by Crippen LogP contribution is 2.28. The molecule has 0 saturated carbocycles. The lowest BCUT2D eigenvalue weighted by Gasteiger charge is -2.35. The highest BCUT2D eigenvalue weighted by Gasteiger charge is 2.31. The Balaban J connectivity index is 1.27. The molecule has 0 atom stereocenters. The highest BCUT2D eigenvalue weighted by molar-refractivity contribution is 5.96. The lowest BCUT2D eigenvalue weighted by molar-refractivity contribution is -0.138. The molecule has 4 rings (SSSR count). The van der Waals surface area contributed by atoms with Crippen LogP contribution in [0.4, 0.5) is 5.69 Å². The first-order valence-electron chi connectivity index (χ1n) is 10.1. The molecule has 2 fully saturated rings. The molecule has 26 heavy (non-hydrogen) atoms. The Morgan fingerprint density at radius 2 is 1.65 bits per heavy atom. The molecule has 0 aromatic heterocycles. The summed E-state index contributed by atoms with van der Waals surface area (Å²) >= 11 is 0. The molecule has 3 heterocycles. The molecule has 5 nitrogen and oxygen atoms in total. The largest absolute Gasteiger partial charge is 0.342 e. The van der Waals surface area contributed by atoms with E-state index in [9.17, 15) is 9.59 Å². The molecule has 140 valence electrons. The van der Waals surface area contributed by atoms with Crippen LogP contribution in [0.25, 0.3) is 0 Å². The van der Waals surface area contributed by atoms with E-state index in [-0.39, 0.29) is 11.8 Å². The summed E-state index contributed by atoms with van der Waals surface area (Å²) in [5, 5.41) is 0. The number of benzene rings is 1. The smallest absolute Gasteiger partial charge is 0.241 e. The van der Waals surface area contributed by atoms with Crippen LogP contribution in [-0.2, 0) is 16.0 Å². The van der Waals surface area contributed by atoms with Crippen LogP contribution in [0.3, 0.4) is 0 Å². The van der Waals surface area contributed by atoms with Crippen molar-refractivity contribution in [2.24, 2.45) is 5.92 Å². The van der Waals surface area contributed by atoms with Crippen LogP contribution in [0, 0.1) is 5.92 Å². The molecule has 1 aromatic carbocycles. The van der Waals surface area contributed by atoms with Crippen molar-refractivity contribution in [3.05, 3.63) is 29.8 Å². The van der Waals surface area contributed by atoms with Crippen molar-refractivity contribution in [1.82, 2.24) is 9.80 Å². The third-order valence-electron chi connectivity index (χ3n) is 6.15. The van der Waals surface area contributed by atoms with E-state index in [4.69, 9.17) is 0 Å². The second-order valence-electron chi connectivity index (χ2n) is 7.86. The van der Waals surface area contributed by atoms with E-state index in [1.807, 2.05) is 23.1 Å². The van der Waals surface area contributed by atoms with E-state index in [0.29, 0.717) is 12.5 Å². The predicted molar refractivity (Wildman–Crippen MR) is 102 cm³/mol. The van der Waals surface area contributed by atoms with E-state index < -0.39 is 0 Å². The number of hydrogen-bond donors (Lipinski definition) is 0. The molecule has 0 unspecified atom stereocenters. The van der Waals surface area contributed by atoms with Crippen molar-refractivity contribution < 1.29 is 9.59 Å². The maximum absolute atomic E-state index is 12.7. The topological polar surface area (TPSA) is 43.9 Å². The molecular formula is C21H29N3O2. The van der Waals surface area contributed by atoms with Crippen molar-refractivity contribution in [1.29, 1.82) is 0 Å². The number of nitrogens with zero attached hydrogens (tertiary/aromatic N) is 3. The summed E-state index contributed by atoms with van der Waals surface area (Å²) < 4.78 is 0. The van der Waals surface area contributed by atoms with Gasteiger partial charge in [-0.05, 0) is 63.2 Å². The summed E-state index contributed by atoms with van der Waals surface area (Å²) in [4.78, 5) is 31.6. The van der Waals surface area contributed by atoms with Gasteiger partial charge in [-0.1, -0.05) is 18.2 Å². The van der Waals surface area contributed by atoms with Gasteiger partial charge in [-0.15, -0.1) is 0 Å². The lowest BCUT2D eigenvalue weighted by atomic mass is 9.94. The standard InChI is InChI=1S/C21H29N3O2/c25-20(24-15-10-17-6-2-3-7-19(17)24)16-22-13-8-18(9-14-22)21(26)23-11-4-1-5-12-23/h2-3,6-7,18H,1,4-5,8-16H2. The zero-order valence-electron chi connectivity index (χ0n) is 15.5. The van der Waals surface area contributed by atoms with Crippen LogP contribution in [0.2, 0.25) is 0 Å². The number of carbonyl (C=O) groups excluding carboxylic acids is 2. The molecule has 0 bridgehead atoms. The average molecular weight is 355 g/mol. The Kier molecular flexibility index (Phi) is 5.25. The van der Waals surface area contributed by atoms with Gasteiger partial charge in [-0.3, -0.25) is 14.5 Å².